The standard InChI is InChI=1S/C18H19Cl2N3O3S/c1-27(25,26)23(11-10-14-6-3-2-4-7-14)13-17(24)22-21-12-15-8-5-9-16(19)18(15)20/h2-9,12H,10-11,13H2,1H3,(H,22,24). The number of sulfonamides is 1. The van der Waals surface area contributed by atoms with Crippen molar-refractivity contribution in [2.75, 3.05) is 19.3 Å². The fraction of sp³-hybridized carbons (Fsp3) is 0.222. The normalized spacial score (nSPS) is 11.9. The Morgan fingerprint density at radius 3 is 2.52 bits per heavy atom. The Morgan fingerprint density at radius 2 is 1.85 bits per heavy atom. The molecule has 0 bridgehead atoms. The van der Waals surface area contributed by atoms with Crippen LogP contribution in [0, 0.1) is 0 Å². The van der Waals surface area contributed by atoms with Crippen LogP contribution in [-0.2, 0) is 21.2 Å². The third kappa shape index (κ3) is 6.95. The molecule has 1 amide bonds. The highest BCUT2D eigenvalue weighted by Crippen LogP contribution is 2.24. The van der Waals surface area contributed by atoms with E-state index >= 15 is 0 Å². The zero-order chi connectivity index (χ0) is 19.9. The summed E-state index contributed by atoms with van der Waals surface area (Å²) in [7, 11) is -3.54. The number of carbonyl (C=O) groups is 1. The average molecular weight is 428 g/mol. The van der Waals surface area contributed by atoms with Gasteiger partial charge in [-0.15, -0.1) is 0 Å². The van der Waals surface area contributed by atoms with Crippen molar-refractivity contribution in [3.63, 3.8) is 0 Å². The van der Waals surface area contributed by atoms with Gasteiger partial charge in [0.05, 0.1) is 29.1 Å². The van der Waals surface area contributed by atoms with Crippen LogP contribution in [0.15, 0.2) is 53.6 Å². The largest absolute Gasteiger partial charge is 0.272 e. The lowest BCUT2D eigenvalue weighted by molar-refractivity contribution is -0.121. The number of hydrogen-bond acceptors (Lipinski definition) is 4. The van der Waals surface area contributed by atoms with E-state index in [2.05, 4.69) is 10.5 Å². The van der Waals surface area contributed by atoms with E-state index in [4.69, 9.17) is 23.2 Å². The number of halogens is 2. The highest BCUT2D eigenvalue weighted by atomic mass is 35.5. The number of rotatable bonds is 8. The molecule has 0 saturated carbocycles. The molecule has 9 heteroatoms. The summed E-state index contributed by atoms with van der Waals surface area (Å²) < 4.78 is 25.0. The molecule has 2 rings (SSSR count). The molecule has 0 unspecified atom stereocenters. The van der Waals surface area contributed by atoms with Crippen LogP contribution in [0.3, 0.4) is 0 Å². The van der Waals surface area contributed by atoms with Crippen molar-refractivity contribution in [2.45, 2.75) is 6.42 Å². The van der Waals surface area contributed by atoms with E-state index < -0.39 is 15.9 Å². The summed E-state index contributed by atoms with van der Waals surface area (Å²) in [5.41, 5.74) is 3.82. The van der Waals surface area contributed by atoms with Gasteiger partial charge >= 0.3 is 0 Å². The number of nitrogens with zero attached hydrogens (tertiary/aromatic N) is 2. The minimum Gasteiger partial charge on any atom is -0.272 e. The number of hydrazone groups is 1. The fourth-order valence-electron chi connectivity index (χ4n) is 2.25. The zero-order valence-corrected chi connectivity index (χ0v) is 16.9. The van der Waals surface area contributed by atoms with Crippen molar-refractivity contribution >= 4 is 45.3 Å². The Hall–Kier alpha value is -1.93. The van der Waals surface area contributed by atoms with E-state index in [1.807, 2.05) is 30.3 Å². The van der Waals surface area contributed by atoms with Gasteiger partial charge < -0.3 is 0 Å². The maximum absolute atomic E-state index is 12.1. The van der Waals surface area contributed by atoms with Crippen LogP contribution < -0.4 is 5.43 Å². The predicted molar refractivity (Wildman–Crippen MR) is 109 cm³/mol. The first-order valence-corrected chi connectivity index (χ1v) is 10.6. The quantitative estimate of drug-likeness (QED) is 0.519. The summed E-state index contributed by atoms with van der Waals surface area (Å²) in [4.78, 5) is 12.1. The first-order valence-electron chi connectivity index (χ1n) is 8.02. The van der Waals surface area contributed by atoms with E-state index in [9.17, 15) is 13.2 Å². The van der Waals surface area contributed by atoms with Gasteiger partial charge in [0.1, 0.15) is 0 Å². The number of carbonyl (C=O) groups excluding carboxylic acids is 1. The van der Waals surface area contributed by atoms with Gasteiger partial charge in [-0.05, 0) is 18.1 Å². The van der Waals surface area contributed by atoms with Gasteiger partial charge in [0.2, 0.25) is 10.0 Å². The summed E-state index contributed by atoms with van der Waals surface area (Å²) >= 11 is 11.9. The van der Waals surface area contributed by atoms with Crippen molar-refractivity contribution in [3.8, 4) is 0 Å². The molecule has 0 aliphatic carbocycles. The van der Waals surface area contributed by atoms with Gasteiger partial charge in [0.15, 0.2) is 0 Å². The summed E-state index contributed by atoms with van der Waals surface area (Å²) in [5, 5.41) is 4.50. The van der Waals surface area contributed by atoms with Crippen molar-refractivity contribution in [1.29, 1.82) is 0 Å². The Bertz CT molecular complexity index is 919. The molecular formula is C18H19Cl2N3O3S. The molecule has 0 heterocycles. The van der Waals surface area contributed by atoms with Crippen LogP contribution in [-0.4, -0.2) is 44.2 Å². The Balaban J connectivity index is 1.95. The lowest BCUT2D eigenvalue weighted by atomic mass is 10.1. The molecule has 0 spiro atoms. The molecule has 2 aromatic carbocycles. The summed E-state index contributed by atoms with van der Waals surface area (Å²) in [6.45, 7) is -0.133. The van der Waals surface area contributed by atoms with Gasteiger partial charge in [-0.3, -0.25) is 4.79 Å². The molecule has 6 nitrogen and oxygen atoms in total. The number of hydrogen-bond donors (Lipinski definition) is 1. The Morgan fingerprint density at radius 1 is 1.15 bits per heavy atom. The molecule has 0 aliphatic heterocycles. The minimum absolute atomic E-state index is 0.195. The Labute approximate surface area is 168 Å². The topological polar surface area (TPSA) is 78.8 Å². The van der Waals surface area contributed by atoms with Crippen LogP contribution in [0.25, 0.3) is 0 Å². The van der Waals surface area contributed by atoms with Crippen LogP contribution >= 0.6 is 23.2 Å². The second-order valence-corrected chi connectivity index (χ2v) is 8.54. The second-order valence-electron chi connectivity index (χ2n) is 5.77. The average Bonchev–Trinajstić information content (AvgIpc) is 2.62. The molecule has 0 saturated heterocycles. The predicted octanol–water partition coefficient (Wildman–Crippen LogP) is 2.95. The SMILES string of the molecule is CS(=O)(=O)N(CCc1ccccc1)CC(=O)NN=Cc1cccc(Cl)c1Cl. The van der Waals surface area contributed by atoms with E-state index in [0.29, 0.717) is 22.0 Å². The maximum Gasteiger partial charge on any atom is 0.255 e. The van der Waals surface area contributed by atoms with Crippen molar-refractivity contribution in [3.05, 3.63) is 69.7 Å². The zero-order valence-electron chi connectivity index (χ0n) is 14.6. The molecular weight excluding hydrogens is 409 g/mol. The maximum atomic E-state index is 12.1. The van der Waals surface area contributed by atoms with E-state index in [0.717, 1.165) is 16.1 Å². The molecule has 144 valence electrons. The van der Waals surface area contributed by atoms with Gasteiger partial charge in [0.25, 0.3) is 5.91 Å². The first-order chi connectivity index (χ1) is 12.8. The summed E-state index contributed by atoms with van der Waals surface area (Å²) in [6, 6.07) is 14.5. The van der Waals surface area contributed by atoms with Crippen LogP contribution in [0.5, 0.6) is 0 Å². The molecule has 2 aromatic rings. The third-order valence-electron chi connectivity index (χ3n) is 3.66. The molecule has 0 aromatic heterocycles. The van der Waals surface area contributed by atoms with Gasteiger partial charge in [0, 0.05) is 12.1 Å². The molecule has 0 atom stereocenters. The molecule has 0 aliphatic rings. The lowest BCUT2D eigenvalue weighted by Gasteiger charge is -2.18. The molecule has 0 fully saturated rings. The fourth-order valence-corrected chi connectivity index (χ4v) is 3.38. The number of benzene rings is 2. The molecule has 27 heavy (non-hydrogen) atoms. The van der Waals surface area contributed by atoms with Gasteiger partial charge in [-0.25, -0.2) is 13.8 Å². The first kappa shape index (κ1) is 21.4. The number of amides is 1. The number of nitrogens with one attached hydrogen (secondary N) is 1. The highest BCUT2D eigenvalue weighted by molar-refractivity contribution is 7.88. The Kier molecular flexibility index (Phi) is 7.79. The lowest BCUT2D eigenvalue weighted by Crippen LogP contribution is -2.40. The highest BCUT2D eigenvalue weighted by Gasteiger charge is 2.19. The van der Waals surface area contributed by atoms with Crippen molar-refractivity contribution in [2.24, 2.45) is 5.10 Å². The van der Waals surface area contributed by atoms with Crippen LogP contribution in [0.1, 0.15) is 11.1 Å². The summed E-state index contributed by atoms with van der Waals surface area (Å²) in [6.07, 6.45) is 2.92. The van der Waals surface area contributed by atoms with Crippen LogP contribution in [0.2, 0.25) is 10.0 Å². The van der Waals surface area contributed by atoms with Crippen molar-refractivity contribution in [1.82, 2.24) is 9.73 Å². The smallest absolute Gasteiger partial charge is 0.255 e. The van der Waals surface area contributed by atoms with Crippen LogP contribution in [0.4, 0.5) is 0 Å². The minimum atomic E-state index is -3.54. The van der Waals surface area contributed by atoms with E-state index in [1.165, 1.54) is 6.21 Å². The molecule has 1 N–H and O–H groups in total. The van der Waals surface area contributed by atoms with E-state index in [-0.39, 0.29) is 13.1 Å². The monoisotopic (exact) mass is 427 g/mol. The molecule has 0 radical (unpaired) electrons. The van der Waals surface area contributed by atoms with Gasteiger partial charge in [-0.1, -0.05) is 65.7 Å². The summed E-state index contributed by atoms with van der Waals surface area (Å²) in [5.74, 6) is -0.553. The van der Waals surface area contributed by atoms with E-state index in [1.54, 1.807) is 18.2 Å². The second kappa shape index (κ2) is 9.85. The van der Waals surface area contributed by atoms with Crippen molar-refractivity contribution < 1.29 is 13.2 Å². The van der Waals surface area contributed by atoms with Gasteiger partial charge in [-0.2, -0.15) is 9.41 Å². The third-order valence-corrected chi connectivity index (χ3v) is 5.74.